The molecule has 2 atom stereocenters. The third-order valence-electron chi connectivity index (χ3n) is 5.29. The molecule has 0 aromatic heterocycles. The number of amides is 2. The van der Waals surface area contributed by atoms with Gasteiger partial charge in [0.15, 0.2) is 0 Å². The van der Waals surface area contributed by atoms with Crippen LogP contribution in [0, 0.1) is 5.92 Å². The van der Waals surface area contributed by atoms with Crippen molar-refractivity contribution in [2.45, 2.75) is 31.7 Å². The van der Waals surface area contributed by atoms with Crippen molar-refractivity contribution in [3.63, 3.8) is 0 Å². The Morgan fingerprint density at radius 3 is 2.44 bits per heavy atom. The number of likely N-dealkylation sites (N-methyl/N-ethyl adjacent to an activating group) is 1. The molecular formula is C19H26ClN3O2. The van der Waals surface area contributed by atoms with Crippen molar-refractivity contribution in [3.8, 4) is 0 Å². The zero-order valence-corrected chi connectivity index (χ0v) is 15.5. The molecule has 0 saturated carbocycles. The van der Waals surface area contributed by atoms with Gasteiger partial charge >= 0.3 is 0 Å². The molecule has 0 radical (unpaired) electrons. The third-order valence-corrected chi connectivity index (χ3v) is 5.54. The van der Waals surface area contributed by atoms with Gasteiger partial charge in [0.05, 0.1) is 5.92 Å². The summed E-state index contributed by atoms with van der Waals surface area (Å²) in [4.78, 5) is 29.4. The number of rotatable bonds is 3. The maximum Gasteiger partial charge on any atom is 0.253 e. The van der Waals surface area contributed by atoms with Crippen LogP contribution >= 0.6 is 11.6 Å². The SMILES string of the molecule is CNC1CCCN(C(=O)C2CCCN(C(=O)c3ccc(Cl)cc3)C2)C1. The van der Waals surface area contributed by atoms with E-state index < -0.39 is 0 Å². The van der Waals surface area contributed by atoms with Gasteiger partial charge in [0.2, 0.25) is 5.91 Å². The minimum Gasteiger partial charge on any atom is -0.341 e. The van der Waals surface area contributed by atoms with Gasteiger partial charge in [-0.3, -0.25) is 9.59 Å². The molecule has 2 amide bonds. The zero-order valence-electron chi connectivity index (χ0n) is 14.7. The van der Waals surface area contributed by atoms with Crippen LogP contribution in [0.25, 0.3) is 0 Å². The van der Waals surface area contributed by atoms with Crippen LogP contribution in [0.5, 0.6) is 0 Å². The van der Waals surface area contributed by atoms with E-state index in [-0.39, 0.29) is 17.7 Å². The number of hydrogen-bond donors (Lipinski definition) is 1. The second-order valence-corrected chi connectivity index (χ2v) is 7.45. The summed E-state index contributed by atoms with van der Waals surface area (Å²) < 4.78 is 0. The quantitative estimate of drug-likeness (QED) is 0.897. The molecule has 136 valence electrons. The molecule has 0 spiro atoms. The number of halogens is 1. The fraction of sp³-hybridized carbons (Fsp3) is 0.579. The van der Waals surface area contributed by atoms with Gasteiger partial charge in [0.1, 0.15) is 0 Å². The first-order valence-electron chi connectivity index (χ1n) is 9.09. The molecule has 25 heavy (non-hydrogen) atoms. The van der Waals surface area contributed by atoms with Crippen LogP contribution in [0.3, 0.4) is 0 Å². The summed E-state index contributed by atoms with van der Waals surface area (Å²) in [5.74, 6) is 0.107. The summed E-state index contributed by atoms with van der Waals surface area (Å²) in [5, 5.41) is 3.89. The van der Waals surface area contributed by atoms with E-state index in [1.807, 2.05) is 16.8 Å². The molecule has 3 rings (SSSR count). The minimum atomic E-state index is -0.0828. The molecule has 2 fully saturated rings. The Labute approximate surface area is 154 Å². The number of nitrogens with zero attached hydrogens (tertiary/aromatic N) is 2. The van der Waals surface area contributed by atoms with Crippen LogP contribution in [0.15, 0.2) is 24.3 Å². The molecule has 1 aromatic carbocycles. The lowest BCUT2D eigenvalue weighted by Gasteiger charge is -2.38. The Balaban J connectivity index is 1.63. The van der Waals surface area contributed by atoms with E-state index in [0.717, 1.165) is 38.8 Å². The lowest BCUT2D eigenvalue weighted by atomic mass is 9.94. The molecular weight excluding hydrogens is 338 g/mol. The number of benzene rings is 1. The van der Waals surface area contributed by atoms with Crippen molar-refractivity contribution in [3.05, 3.63) is 34.9 Å². The van der Waals surface area contributed by atoms with Crippen LogP contribution in [0.4, 0.5) is 0 Å². The first kappa shape index (κ1) is 18.2. The number of nitrogens with one attached hydrogen (secondary N) is 1. The van der Waals surface area contributed by atoms with Gasteiger partial charge in [-0.05, 0) is 57.0 Å². The van der Waals surface area contributed by atoms with Gasteiger partial charge < -0.3 is 15.1 Å². The number of piperidine rings is 2. The van der Waals surface area contributed by atoms with Crippen LogP contribution in [-0.2, 0) is 4.79 Å². The molecule has 2 heterocycles. The third kappa shape index (κ3) is 4.33. The maximum atomic E-state index is 12.9. The molecule has 6 heteroatoms. The summed E-state index contributed by atoms with van der Waals surface area (Å²) in [6.45, 7) is 2.83. The summed E-state index contributed by atoms with van der Waals surface area (Å²) >= 11 is 5.90. The largest absolute Gasteiger partial charge is 0.341 e. The Bertz CT molecular complexity index is 620. The van der Waals surface area contributed by atoms with Crippen LogP contribution in [0.1, 0.15) is 36.0 Å². The molecule has 5 nitrogen and oxygen atoms in total. The Morgan fingerprint density at radius 2 is 1.72 bits per heavy atom. The highest BCUT2D eigenvalue weighted by Gasteiger charge is 2.33. The van der Waals surface area contributed by atoms with Crippen molar-refractivity contribution < 1.29 is 9.59 Å². The maximum absolute atomic E-state index is 12.9. The van der Waals surface area contributed by atoms with Gasteiger partial charge in [0.25, 0.3) is 5.91 Å². The fourth-order valence-electron chi connectivity index (χ4n) is 3.81. The molecule has 2 aliphatic rings. The van der Waals surface area contributed by atoms with E-state index in [1.165, 1.54) is 0 Å². The first-order chi connectivity index (χ1) is 12.1. The van der Waals surface area contributed by atoms with E-state index in [4.69, 9.17) is 11.6 Å². The van der Waals surface area contributed by atoms with Crippen molar-refractivity contribution >= 4 is 23.4 Å². The highest BCUT2D eigenvalue weighted by molar-refractivity contribution is 6.30. The van der Waals surface area contributed by atoms with E-state index in [9.17, 15) is 9.59 Å². The topological polar surface area (TPSA) is 52.7 Å². The average Bonchev–Trinajstić information content (AvgIpc) is 2.67. The summed E-state index contributed by atoms with van der Waals surface area (Å²) in [6, 6.07) is 7.34. The number of carbonyl (C=O) groups is 2. The van der Waals surface area contributed by atoms with Gasteiger partial charge in [-0.15, -0.1) is 0 Å². The molecule has 0 aliphatic carbocycles. The normalized spacial score (nSPS) is 24.2. The molecule has 2 aliphatic heterocycles. The standard InChI is InChI=1S/C19H26ClN3O2/c1-21-17-5-3-11-23(13-17)19(25)15-4-2-10-22(12-15)18(24)14-6-8-16(20)9-7-14/h6-9,15,17,21H,2-5,10-13H2,1H3. The van der Waals surface area contributed by atoms with Crippen molar-refractivity contribution in [1.82, 2.24) is 15.1 Å². The second-order valence-electron chi connectivity index (χ2n) is 7.01. The number of carbonyl (C=O) groups excluding carboxylic acids is 2. The summed E-state index contributed by atoms with van der Waals surface area (Å²) in [5.41, 5.74) is 0.630. The summed E-state index contributed by atoms with van der Waals surface area (Å²) in [6.07, 6.45) is 3.90. The van der Waals surface area contributed by atoms with Crippen molar-refractivity contribution in [2.75, 3.05) is 33.2 Å². The van der Waals surface area contributed by atoms with E-state index in [1.54, 1.807) is 24.3 Å². The first-order valence-corrected chi connectivity index (χ1v) is 9.47. The smallest absolute Gasteiger partial charge is 0.253 e. The van der Waals surface area contributed by atoms with Crippen LogP contribution in [0.2, 0.25) is 5.02 Å². The number of hydrogen-bond acceptors (Lipinski definition) is 3. The Kier molecular flexibility index (Phi) is 5.97. The van der Waals surface area contributed by atoms with Crippen LogP contribution < -0.4 is 5.32 Å². The predicted octanol–water partition coefficient (Wildman–Crippen LogP) is 2.40. The number of likely N-dealkylation sites (tertiary alicyclic amines) is 2. The predicted molar refractivity (Wildman–Crippen MR) is 98.7 cm³/mol. The van der Waals surface area contributed by atoms with Gasteiger partial charge in [0, 0.05) is 42.8 Å². The van der Waals surface area contributed by atoms with E-state index in [0.29, 0.717) is 29.7 Å². The monoisotopic (exact) mass is 363 g/mol. The Hall–Kier alpha value is -1.59. The van der Waals surface area contributed by atoms with Gasteiger partial charge in [-0.1, -0.05) is 11.6 Å². The lowest BCUT2D eigenvalue weighted by Crippen LogP contribution is -2.52. The molecule has 1 N–H and O–H groups in total. The van der Waals surface area contributed by atoms with E-state index >= 15 is 0 Å². The molecule has 2 saturated heterocycles. The van der Waals surface area contributed by atoms with E-state index in [2.05, 4.69) is 5.32 Å². The zero-order chi connectivity index (χ0) is 17.8. The van der Waals surface area contributed by atoms with Gasteiger partial charge in [-0.25, -0.2) is 0 Å². The average molecular weight is 364 g/mol. The minimum absolute atomic E-state index is 0.0130. The lowest BCUT2D eigenvalue weighted by molar-refractivity contribution is -0.138. The van der Waals surface area contributed by atoms with Crippen LogP contribution in [-0.4, -0.2) is 60.9 Å². The summed E-state index contributed by atoms with van der Waals surface area (Å²) in [7, 11) is 1.95. The highest BCUT2D eigenvalue weighted by Crippen LogP contribution is 2.23. The molecule has 0 bridgehead atoms. The second kappa shape index (κ2) is 8.19. The molecule has 1 aromatic rings. The molecule has 2 unspecified atom stereocenters. The van der Waals surface area contributed by atoms with Crippen molar-refractivity contribution in [1.29, 1.82) is 0 Å². The fourth-order valence-corrected chi connectivity index (χ4v) is 3.94. The highest BCUT2D eigenvalue weighted by atomic mass is 35.5. The van der Waals surface area contributed by atoms with Gasteiger partial charge in [-0.2, -0.15) is 0 Å². The van der Waals surface area contributed by atoms with Crippen molar-refractivity contribution in [2.24, 2.45) is 5.92 Å². The Morgan fingerprint density at radius 1 is 1.04 bits per heavy atom.